The van der Waals surface area contributed by atoms with Crippen molar-refractivity contribution in [3.05, 3.63) is 30.5 Å². The summed E-state index contributed by atoms with van der Waals surface area (Å²) in [6, 6.07) is 9.46. The number of ether oxygens (including phenoxy) is 1. The van der Waals surface area contributed by atoms with E-state index in [0.717, 1.165) is 57.7 Å². The summed E-state index contributed by atoms with van der Waals surface area (Å²) < 4.78 is 9.02. The molecule has 2 aromatic rings. The summed E-state index contributed by atoms with van der Waals surface area (Å²) in [4.78, 5) is 16.3. The molecule has 2 aliphatic heterocycles. The summed E-state index contributed by atoms with van der Waals surface area (Å²) in [6.07, 6.45) is 12.5. The van der Waals surface area contributed by atoms with Crippen molar-refractivity contribution < 1.29 is 9.53 Å². The van der Waals surface area contributed by atoms with Crippen LogP contribution in [-0.2, 0) is 4.79 Å². The van der Waals surface area contributed by atoms with Gasteiger partial charge in [-0.2, -0.15) is 0 Å². The Hall–Kier alpha value is -2.01. The molecule has 0 spiro atoms. The lowest BCUT2D eigenvalue weighted by atomic mass is 9.96. The lowest BCUT2D eigenvalue weighted by Gasteiger charge is -2.38. The van der Waals surface area contributed by atoms with E-state index in [1.165, 1.54) is 43.0 Å². The molecule has 31 heavy (non-hydrogen) atoms. The van der Waals surface area contributed by atoms with Gasteiger partial charge in [-0.25, -0.2) is 0 Å². The largest absolute Gasteiger partial charge is 0.490 e. The lowest BCUT2D eigenvalue weighted by Crippen LogP contribution is -2.45. The van der Waals surface area contributed by atoms with E-state index in [-0.39, 0.29) is 5.91 Å². The number of rotatable bonds is 5. The van der Waals surface area contributed by atoms with Crippen LogP contribution in [0.5, 0.6) is 5.75 Å². The van der Waals surface area contributed by atoms with Gasteiger partial charge in [0.1, 0.15) is 11.9 Å². The Bertz CT molecular complexity index is 893. The van der Waals surface area contributed by atoms with Gasteiger partial charge in [0, 0.05) is 57.3 Å². The van der Waals surface area contributed by atoms with Crippen molar-refractivity contribution in [1.29, 1.82) is 0 Å². The number of carbonyl (C=O) groups excluding carboxylic acids is 1. The molecule has 0 N–H and O–H groups in total. The smallest absolute Gasteiger partial charge is 0.219 e. The van der Waals surface area contributed by atoms with E-state index < -0.39 is 0 Å². The van der Waals surface area contributed by atoms with E-state index in [0.29, 0.717) is 18.1 Å². The predicted octanol–water partition coefficient (Wildman–Crippen LogP) is 4.86. The highest BCUT2D eigenvalue weighted by molar-refractivity contribution is 5.86. The number of aromatic nitrogens is 1. The van der Waals surface area contributed by atoms with E-state index in [9.17, 15) is 4.79 Å². The number of amides is 1. The summed E-state index contributed by atoms with van der Waals surface area (Å²) in [7, 11) is 0. The van der Waals surface area contributed by atoms with Gasteiger partial charge in [-0.1, -0.05) is 18.9 Å². The highest BCUT2D eigenvalue weighted by Crippen LogP contribution is 2.36. The molecule has 1 unspecified atom stereocenters. The molecule has 1 aromatic carbocycles. The molecular formula is C26H37N3O2. The summed E-state index contributed by atoms with van der Waals surface area (Å²) in [5.41, 5.74) is 1.33. The molecule has 2 saturated heterocycles. The molecule has 0 bridgehead atoms. The number of carbonyl (C=O) groups is 1. The summed E-state index contributed by atoms with van der Waals surface area (Å²) in [5.74, 6) is 1.91. The fourth-order valence-electron chi connectivity index (χ4n) is 6.02. The fourth-order valence-corrected chi connectivity index (χ4v) is 6.02. The Balaban J connectivity index is 1.16. The Labute approximate surface area is 186 Å². The minimum atomic E-state index is 0.229. The monoisotopic (exact) mass is 423 g/mol. The van der Waals surface area contributed by atoms with Gasteiger partial charge in [-0.15, -0.1) is 0 Å². The van der Waals surface area contributed by atoms with Gasteiger partial charge < -0.3 is 19.1 Å². The fraction of sp³-hybridized carbons (Fsp3) is 0.654. The van der Waals surface area contributed by atoms with Gasteiger partial charge >= 0.3 is 0 Å². The lowest BCUT2D eigenvalue weighted by molar-refractivity contribution is -0.130. The molecule has 5 nitrogen and oxygen atoms in total. The molecule has 1 aromatic heterocycles. The first-order valence-electron chi connectivity index (χ1n) is 12.4. The number of nitrogens with zero attached hydrogens (tertiary/aromatic N) is 3. The normalized spacial score (nSPS) is 24.2. The maximum absolute atomic E-state index is 11.7. The molecule has 1 amide bonds. The van der Waals surface area contributed by atoms with Crippen molar-refractivity contribution in [2.45, 2.75) is 70.4 Å². The highest BCUT2D eigenvalue weighted by atomic mass is 16.5. The number of likely N-dealkylation sites (tertiary alicyclic amines) is 2. The minimum absolute atomic E-state index is 0.229. The van der Waals surface area contributed by atoms with Gasteiger partial charge in [0.15, 0.2) is 0 Å². The second-order valence-corrected chi connectivity index (χ2v) is 9.94. The first kappa shape index (κ1) is 20.9. The maximum Gasteiger partial charge on any atom is 0.219 e. The number of fused-ring (bicyclic) bond motifs is 1. The van der Waals surface area contributed by atoms with E-state index in [2.05, 4.69) is 39.9 Å². The van der Waals surface area contributed by atoms with Crippen LogP contribution in [0.25, 0.3) is 10.9 Å². The topological polar surface area (TPSA) is 37.7 Å². The van der Waals surface area contributed by atoms with Crippen molar-refractivity contribution in [3.63, 3.8) is 0 Å². The molecular weight excluding hydrogens is 386 g/mol. The molecule has 0 radical (unpaired) electrons. The average molecular weight is 424 g/mol. The predicted molar refractivity (Wildman–Crippen MR) is 125 cm³/mol. The summed E-state index contributed by atoms with van der Waals surface area (Å²) >= 11 is 0. The molecule has 1 aliphatic carbocycles. The van der Waals surface area contributed by atoms with Crippen LogP contribution in [0.3, 0.4) is 0 Å². The molecule has 5 heteroatoms. The Morgan fingerprint density at radius 2 is 1.81 bits per heavy atom. The zero-order chi connectivity index (χ0) is 21.2. The van der Waals surface area contributed by atoms with Gasteiger partial charge in [0.25, 0.3) is 0 Å². The van der Waals surface area contributed by atoms with Gasteiger partial charge in [0.2, 0.25) is 5.91 Å². The zero-order valence-electron chi connectivity index (χ0n) is 19.0. The first-order chi connectivity index (χ1) is 15.2. The number of hydrogen-bond acceptors (Lipinski definition) is 3. The standard InChI is InChI=1S/C26H37N3O2/c1-20(30)28-14-5-6-21(19-28)18-27-15-11-23(12-16-27)31-26-10-4-9-25-24(26)13-17-29(25)22-7-2-3-8-22/h4,9-10,13,17,21-23H,2-3,5-8,11-12,14-16,18-19H2,1H3. The van der Waals surface area contributed by atoms with Crippen LogP contribution < -0.4 is 4.74 Å². The van der Waals surface area contributed by atoms with Crippen LogP contribution in [-0.4, -0.2) is 59.1 Å². The molecule has 1 atom stereocenters. The van der Waals surface area contributed by atoms with Crippen LogP contribution in [0.15, 0.2) is 30.5 Å². The summed E-state index contributed by atoms with van der Waals surface area (Å²) in [5, 5.41) is 1.27. The van der Waals surface area contributed by atoms with E-state index in [1.807, 2.05) is 4.90 Å². The molecule has 1 saturated carbocycles. The average Bonchev–Trinajstić information content (AvgIpc) is 3.45. The van der Waals surface area contributed by atoms with Crippen LogP contribution in [0, 0.1) is 5.92 Å². The van der Waals surface area contributed by atoms with Crippen molar-refractivity contribution in [1.82, 2.24) is 14.4 Å². The third-order valence-electron chi connectivity index (χ3n) is 7.75. The molecule has 168 valence electrons. The van der Waals surface area contributed by atoms with E-state index >= 15 is 0 Å². The van der Waals surface area contributed by atoms with Crippen molar-refractivity contribution in [3.8, 4) is 5.75 Å². The first-order valence-corrected chi connectivity index (χ1v) is 12.4. The minimum Gasteiger partial charge on any atom is -0.490 e. The SMILES string of the molecule is CC(=O)N1CCCC(CN2CCC(Oc3cccc4c3ccn4C3CCCC3)CC2)C1. The third-order valence-corrected chi connectivity index (χ3v) is 7.75. The van der Waals surface area contributed by atoms with Crippen LogP contribution in [0.4, 0.5) is 0 Å². The van der Waals surface area contributed by atoms with Crippen LogP contribution >= 0.6 is 0 Å². The Kier molecular flexibility index (Phi) is 6.22. The van der Waals surface area contributed by atoms with Crippen LogP contribution in [0.1, 0.15) is 64.3 Å². The molecule has 3 fully saturated rings. The molecule has 3 aliphatic rings. The van der Waals surface area contributed by atoms with Crippen molar-refractivity contribution in [2.24, 2.45) is 5.92 Å². The summed E-state index contributed by atoms with van der Waals surface area (Å²) in [6.45, 7) is 6.89. The highest BCUT2D eigenvalue weighted by Gasteiger charge is 2.27. The molecule has 5 rings (SSSR count). The Morgan fingerprint density at radius 3 is 2.58 bits per heavy atom. The maximum atomic E-state index is 11.7. The van der Waals surface area contributed by atoms with Crippen molar-refractivity contribution >= 4 is 16.8 Å². The van der Waals surface area contributed by atoms with E-state index in [1.54, 1.807) is 6.92 Å². The van der Waals surface area contributed by atoms with Gasteiger partial charge in [0.05, 0.1) is 5.52 Å². The number of benzene rings is 1. The quantitative estimate of drug-likeness (QED) is 0.689. The molecule has 3 heterocycles. The van der Waals surface area contributed by atoms with Gasteiger partial charge in [-0.05, 0) is 62.6 Å². The third kappa shape index (κ3) is 4.62. The van der Waals surface area contributed by atoms with Crippen molar-refractivity contribution in [2.75, 3.05) is 32.7 Å². The van der Waals surface area contributed by atoms with Gasteiger partial charge in [-0.3, -0.25) is 4.79 Å². The number of hydrogen-bond donors (Lipinski definition) is 0. The van der Waals surface area contributed by atoms with E-state index in [4.69, 9.17) is 4.74 Å². The Morgan fingerprint density at radius 1 is 1.00 bits per heavy atom. The second kappa shape index (κ2) is 9.23. The second-order valence-electron chi connectivity index (χ2n) is 9.94. The van der Waals surface area contributed by atoms with Crippen LogP contribution in [0.2, 0.25) is 0 Å². The number of piperidine rings is 2. The zero-order valence-corrected chi connectivity index (χ0v) is 19.0.